The van der Waals surface area contributed by atoms with Crippen LogP contribution in [0.3, 0.4) is 0 Å². The Morgan fingerprint density at radius 3 is 2.21 bits per heavy atom. The highest BCUT2D eigenvalue weighted by molar-refractivity contribution is 5.85. The monoisotopic (exact) mass is 339 g/mol. The number of rotatable bonds is 9. The molecule has 0 bridgehead atoms. The lowest BCUT2D eigenvalue weighted by Crippen LogP contribution is -2.50. The molecule has 138 valence electrons. The van der Waals surface area contributed by atoms with Gasteiger partial charge >= 0.3 is 0 Å². The molecule has 0 unspecified atom stereocenters. The molecule has 0 radical (unpaired) electrons. The van der Waals surface area contributed by atoms with Crippen LogP contribution in [0.5, 0.6) is 0 Å². The molecule has 0 aromatic heterocycles. The molecule has 0 spiro atoms. The minimum absolute atomic E-state index is 0.0817. The average Bonchev–Trinajstić information content (AvgIpc) is 2.55. The molecule has 1 aliphatic rings. The van der Waals surface area contributed by atoms with Gasteiger partial charge < -0.3 is 14.6 Å². The van der Waals surface area contributed by atoms with Crippen LogP contribution in [-0.2, 0) is 14.4 Å². The maximum atomic E-state index is 12.6. The number of hydrogen-bond donors (Lipinski definition) is 0. The van der Waals surface area contributed by atoms with Gasteiger partial charge in [0.2, 0.25) is 11.8 Å². The summed E-state index contributed by atoms with van der Waals surface area (Å²) in [7, 11) is 1.83. The first-order chi connectivity index (χ1) is 11.3. The van der Waals surface area contributed by atoms with Crippen LogP contribution in [0.1, 0.15) is 46.5 Å². The minimum atomic E-state index is -0.179. The van der Waals surface area contributed by atoms with Crippen molar-refractivity contribution >= 4 is 17.6 Å². The predicted octanol–water partition coefficient (Wildman–Crippen LogP) is 1.39. The second kappa shape index (κ2) is 10.4. The summed E-state index contributed by atoms with van der Waals surface area (Å²) in [5.74, 6) is 0.117. The van der Waals surface area contributed by atoms with E-state index in [1.54, 1.807) is 18.7 Å². The molecule has 24 heavy (non-hydrogen) atoms. The average molecular weight is 339 g/mol. The maximum Gasteiger partial charge on any atom is 0.225 e. The van der Waals surface area contributed by atoms with Gasteiger partial charge in [0.15, 0.2) is 0 Å². The van der Waals surface area contributed by atoms with E-state index in [1.165, 1.54) is 0 Å². The minimum Gasteiger partial charge on any atom is -0.344 e. The standard InChI is InChI=1S/C18H33N3O3/c1-5-6-7-17(14-15(2)22)18(24)19(4)8-9-20-10-12-21(13-11-20)16(3)23/h17H,5-14H2,1-4H3/t17-/m0/s1. The number of carbonyl (C=O) groups is 3. The Kier molecular flexibility index (Phi) is 8.97. The zero-order valence-electron chi connectivity index (χ0n) is 15.7. The number of Topliss-reactive ketones (excluding diaryl/α,β-unsaturated/α-hetero) is 1. The van der Waals surface area contributed by atoms with Crippen LogP contribution in [-0.4, -0.2) is 78.6 Å². The number of unbranched alkanes of at least 4 members (excludes halogenated alkanes) is 1. The molecule has 0 aromatic carbocycles. The largest absolute Gasteiger partial charge is 0.344 e. The molecular formula is C18H33N3O3. The van der Waals surface area contributed by atoms with Crippen molar-refractivity contribution in [2.24, 2.45) is 5.92 Å². The van der Waals surface area contributed by atoms with Crippen molar-refractivity contribution in [1.29, 1.82) is 0 Å². The van der Waals surface area contributed by atoms with Crippen LogP contribution in [0, 0.1) is 5.92 Å². The van der Waals surface area contributed by atoms with Crippen LogP contribution in [0.2, 0.25) is 0 Å². The van der Waals surface area contributed by atoms with E-state index in [0.717, 1.165) is 52.0 Å². The van der Waals surface area contributed by atoms with E-state index >= 15 is 0 Å². The van der Waals surface area contributed by atoms with Crippen LogP contribution < -0.4 is 0 Å². The Hall–Kier alpha value is -1.43. The van der Waals surface area contributed by atoms with Crippen molar-refractivity contribution in [2.45, 2.75) is 46.5 Å². The molecule has 6 nitrogen and oxygen atoms in total. The first-order valence-corrected chi connectivity index (χ1v) is 9.07. The highest BCUT2D eigenvalue weighted by Crippen LogP contribution is 2.16. The van der Waals surface area contributed by atoms with Gasteiger partial charge in [-0.15, -0.1) is 0 Å². The SMILES string of the molecule is CCCC[C@@H](CC(C)=O)C(=O)N(C)CCN1CCN(C(C)=O)CC1. The fraction of sp³-hybridized carbons (Fsp3) is 0.833. The van der Waals surface area contributed by atoms with Crippen molar-refractivity contribution in [3.8, 4) is 0 Å². The van der Waals surface area contributed by atoms with Crippen molar-refractivity contribution in [1.82, 2.24) is 14.7 Å². The molecule has 1 saturated heterocycles. The van der Waals surface area contributed by atoms with Crippen LogP contribution in [0.25, 0.3) is 0 Å². The lowest BCUT2D eigenvalue weighted by atomic mass is 9.95. The van der Waals surface area contributed by atoms with E-state index in [-0.39, 0.29) is 23.5 Å². The summed E-state index contributed by atoms with van der Waals surface area (Å²) in [6.45, 7) is 9.97. The van der Waals surface area contributed by atoms with E-state index in [4.69, 9.17) is 0 Å². The molecule has 6 heteroatoms. The summed E-state index contributed by atoms with van der Waals surface area (Å²) in [5, 5.41) is 0. The van der Waals surface area contributed by atoms with Crippen molar-refractivity contribution in [3.63, 3.8) is 0 Å². The van der Waals surface area contributed by atoms with Gasteiger partial charge in [-0.3, -0.25) is 14.5 Å². The van der Waals surface area contributed by atoms with Crippen molar-refractivity contribution in [2.75, 3.05) is 46.3 Å². The smallest absolute Gasteiger partial charge is 0.225 e. The zero-order valence-corrected chi connectivity index (χ0v) is 15.7. The van der Waals surface area contributed by atoms with Crippen LogP contribution >= 0.6 is 0 Å². The molecule has 1 rings (SSSR count). The van der Waals surface area contributed by atoms with Crippen molar-refractivity contribution < 1.29 is 14.4 Å². The third kappa shape index (κ3) is 6.99. The molecular weight excluding hydrogens is 306 g/mol. The predicted molar refractivity (Wildman–Crippen MR) is 94.6 cm³/mol. The normalized spacial score (nSPS) is 16.8. The van der Waals surface area contributed by atoms with Gasteiger partial charge in [0, 0.05) is 65.6 Å². The maximum absolute atomic E-state index is 12.6. The first kappa shape index (κ1) is 20.6. The van der Waals surface area contributed by atoms with E-state index < -0.39 is 0 Å². The fourth-order valence-corrected chi connectivity index (χ4v) is 3.11. The number of hydrogen-bond acceptors (Lipinski definition) is 4. The third-order valence-corrected chi connectivity index (χ3v) is 4.73. The Morgan fingerprint density at radius 2 is 1.71 bits per heavy atom. The van der Waals surface area contributed by atoms with Gasteiger partial charge in [0.25, 0.3) is 0 Å². The van der Waals surface area contributed by atoms with Crippen LogP contribution in [0.4, 0.5) is 0 Å². The van der Waals surface area contributed by atoms with E-state index in [0.29, 0.717) is 13.0 Å². The van der Waals surface area contributed by atoms with Crippen LogP contribution in [0.15, 0.2) is 0 Å². The number of ketones is 1. The second-order valence-corrected chi connectivity index (χ2v) is 6.85. The lowest BCUT2D eigenvalue weighted by Gasteiger charge is -2.35. The van der Waals surface area contributed by atoms with Gasteiger partial charge in [0.1, 0.15) is 5.78 Å². The molecule has 1 atom stereocenters. The molecule has 0 saturated carbocycles. The first-order valence-electron chi connectivity index (χ1n) is 9.07. The summed E-state index contributed by atoms with van der Waals surface area (Å²) in [6.07, 6.45) is 3.15. The number of amides is 2. The van der Waals surface area contributed by atoms with Gasteiger partial charge in [-0.1, -0.05) is 19.8 Å². The highest BCUT2D eigenvalue weighted by atomic mass is 16.2. The Morgan fingerprint density at radius 1 is 1.08 bits per heavy atom. The van der Waals surface area contributed by atoms with Gasteiger partial charge in [-0.2, -0.15) is 0 Å². The number of piperazine rings is 1. The van der Waals surface area contributed by atoms with Gasteiger partial charge in [0.05, 0.1) is 0 Å². The highest BCUT2D eigenvalue weighted by Gasteiger charge is 2.24. The van der Waals surface area contributed by atoms with E-state index in [9.17, 15) is 14.4 Å². The Bertz CT molecular complexity index is 431. The quantitative estimate of drug-likeness (QED) is 0.637. The van der Waals surface area contributed by atoms with Crippen molar-refractivity contribution in [3.05, 3.63) is 0 Å². The lowest BCUT2D eigenvalue weighted by molar-refractivity contribution is -0.137. The molecule has 1 aliphatic heterocycles. The summed E-state index contributed by atoms with van der Waals surface area (Å²) < 4.78 is 0. The summed E-state index contributed by atoms with van der Waals surface area (Å²) in [5.41, 5.74) is 0. The van der Waals surface area contributed by atoms with Gasteiger partial charge in [-0.05, 0) is 13.3 Å². The second-order valence-electron chi connectivity index (χ2n) is 6.85. The third-order valence-electron chi connectivity index (χ3n) is 4.73. The molecule has 2 amide bonds. The van der Waals surface area contributed by atoms with E-state index in [2.05, 4.69) is 11.8 Å². The molecule has 0 aliphatic carbocycles. The fourth-order valence-electron chi connectivity index (χ4n) is 3.11. The summed E-state index contributed by atoms with van der Waals surface area (Å²) in [6, 6.07) is 0. The number of likely N-dealkylation sites (N-methyl/N-ethyl adjacent to an activating group) is 1. The summed E-state index contributed by atoms with van der Waals surface area (Å²) >= 11 is 0. The zero-order chi connectivity index (χ0) is 18.1. The molecule has 1 fully saturated rings. The Labute approximate surface area is 146 Å². The number of nitrogens with zero attached hydrogens (tertiary/aromatic N) is 3. The molecule has 0 N–H and O–H groups in total. The van der Waals surface area contributed by atoms with E-state index in [1.807, 2.05) is 11.9 Å². The topological polar surface area (TPSA) is 60.9 Å². The Balaban J connectivity index is 2.41. The summed E-state index contributed by atoms with van der Waals surface area (Å²) in [4.78, 5) is 41.3. The molecule has 0 aromatic rings. The molecule has 1 heterocycles. The van der Waals surface area contributed by atoms with Gasteiger partial charge in [-0.25, -0.2) is 0 Å². The number of carbonyl (C=O) groups excluding carboxylic acids is 3.